The molecule has 0 atom stereocenters. The summed E-state index contributed by atoms with van der Waals surface area (Å²) in [6.45, 7) is 3.96. The van der Waals surface area contributed by atoms with Crippen molar-refractivity contribution in [1.29, 1.82) is 0 Å². The molecule has 0 aliphatic carbocycles. The van der Waals surface area contributed by atoms with Crippen LogP contribution < -0.4 is 5.32 Å². The van der Waals surface area contributed by atoms with Crippen LogP contribution in [0.3, 0.4) is 0 Å². The SMILES string of the molecule is [11CH3]N1CCN(Cc2ccc(-c3c(C(=O)NCCF)noc3-c3cc(Cl)c(O)cc3O)cc2)CC1. The fraction of sp³-hybridized carbons (Fsp3) is 0.333. The van der Waals surface area contributed by atoms with Crippen LogP contribution in [-0.4, -0.2) is 77.5 Å². The number of amides is 1. The summed E-state index contributed by atoms with van der Waals surface area (Å²) in [6, 6.07) is 10.1. The summed E-state index contributed by atoms with van der Waals surface area (Å²) in [7, 11) is 2.11. The Hall–Kier alpha value is -3.14. The lowest BCUT2D eigenvalue weighted by Crippen LogP contribution is -2.43. The molecule has 10 heteroatoms. The zero-order chi connectivity index (χ0) is 24.2. The number of carbonyl (C=O) groups excluding carboxylic acids is 1. The van der Waals surface area contributed by atoms with E-state index in [9.17, 15) is 19.4 Å². The minimum atomic E-state index is -0.721. The number of piperazine rings is 1. The van der Waals surface area contributed by atoms with Crippen molar-refractivity contribution in [2.24, 2.45) is 0 Å². The first-order valence-corrected chi connectivity index (χ1v) is 11.3. The Morgan fingerprint density at radius 2 is 1.85 bits per heavy atom. The maximum atomic E-state index is 12.7. The molecule has 0 bridgehead atoms. The molecule has 2 aromatic carbocycles. The van der Waals surface area contributed by atoms with E-state index in [1.807, 2.05) is 24.3 Å². The van der Waals surface area contributed by atoms with Crippen LogP contribution in [0.5, 0.6) is 11.5 Å². The molecule has 0 radical (unpaired) electrons. The van der Waals surface area contributed by atoms with Crippen molar-refractivity contribution in [3.63, 3.8) is 0 Å². The number of benzene rings is 2. The maximum Gasteiger partial charge on any atom is 0.274 e. The van der Waals surface area contributed by atoms with Gasteiger partial charge in [-0.05, 0) is 24.2 Å². The van der Waals surface area contributed by atoms with Gasteiger partial charge in [-0.15, -0.1) is 0 Å². The molecular weight excluding hydrogens is 462 g/mol. The molecule has 0 unspecified atom stereocenters. The minimum Gasteiger partial charge on any atom is -0.507 e. The zero-order valence-corrected chi connectivity index (χ0v) is 19.5. The van der Waals surface area contributed by atoms with E-state index >= 15 is 0 Å². The molecular formula is C24H26ClFN4O4. The Balaban J connectivity index is 1.69. The molecule has 4 rings (SSSR count). The van der Waals surface area contributed by atoms with Gasteiger partial charge in [-0.3, -0.25) is 9.69 Å². The molecule has 1 saturated heterocycles. The minimum absolute atomic E-state index is 0.00102. The van der Waals surface area contributed by atoms with E-state index in [2.05, 4.69) is 27.3 Å². The molecule has 3 N–H and O–H groups in total. The number of likely N-dealkylation sites (N-methyl/N-ethyl adjacent to an activating group) is 1. The number of nitrogens with one attached hydrogen (secondary N) is 1. The molecule has 180 valence electrons. The molecule has 8 nitrogen and oxygen atoms in total. The van der Waals surface area contributed by atoms with Crippen LogP contribution in [0.4, 0.5) is 4.39 Å². The van der Waals surface area contributed by atoms with Crippen molar-refractivity contribution in [1.82, 2.24) is 20.3 Å². The van der Waals surface area contributed by atoms with Crippen LogP contribution in [0.25, 0.3) is 22.5 Å². The summed E-state index contributed by atoms with van der Waals surface area (Å²) in [5, 5.41) is 26.5. The average Bonchev–Trinajstić information content (AvgIpc) is 3.27. The van der Waals surface area contributed by atoms with Gasteiger partial charge >= 0.3 is 0 Å². The highest BCUT2D eigenvalue weighted by Gasteiger charge is 2.26. The van der Waals surface area contributed by atoms with E-state index < -0.39 is 12.6 Å². The van der Waals surface area contributed by atoms with Gasteiger partial charge in [0.15, 0.2) is 11.5 Å². The van der Waals surface area contributed by atoms with Gasteiger partial charge in [-0.25, -0.2) is 4.39 Å². The summed E-state index contributed by atoms with van der Waals surface area (Å²) < 4.78 is 18.1. The normalized spacial score (nSPS) is 14.9. The van der Waals surface area contributed by atoms with E-state index in [4.69, 9.17) is 16.1 Å². The highest BCUT2D eigenvalue weighted by molar-refractivity contribution is 6.32. The van der Waals surface area contributed by atoms with Crippen molar-refractivity contribution in [2.75, 3.05) is 46.4 Å². The molecule has 0 saturated carbocycles. The van der Waals surface area contributed by atoms with Crippen LogP contribution >= 0.6 is 11.6 Å². The van der Waals surface area contributed by atoms with Gasteiger partial charge in [0.25, 0.3) is 5.91 Å². The second-order valence-electron chi connectivity index (χ2n) is 8.28. The third-order valence-electron chi connectivity index (χ3n) is 5.84. The van der Waals surface area contributed by atoms with Crippen LogP contribution in [-0.2, 0) is 6.54 Å². The van der Waals surface area contributed by atoms with Gasteiger partial charge in [0.1, 0.15) is 18.2 Å². The van der Waals surface area contributed by atoms with E-state index in [-0.39, 0.29) is 40.1 Å². The van der Waals surface area contributed by atoms with Crippen molar-refractivity contribution in [2.45, 2.75) is 6.54 Å². The number of rotatable bonds is 7. The van der Waals surface area contributed by atoms with Crippen LogP contribution in [0.15, 0.2) is 40.9 Å². The van der Waals surface area contributed by atoms with E-state index in [1.54, 1.807) is 0 Å². The van der Waals surface area contributed by atoms with E-state index in [1.165, 1.54) is 6.07 Å². The molecule has 34 heavy (non-hydrogen) atoms. The average molecular weight is 488 g/mol. The van der Waals surface area contributed by atoms with Gasteiger partial charge in [-0.1, -0.05) is 41.0 Å². The summed E-state index contributed by atoms with van der Waals surface area (Å²) in [5.74, 6) is -1.08. The standard InChI is InChI=1S/C24H26ClFN4O4/c1-29-8-10-30(11-9-29)14-15-2-4-16(5-3-15)21-22(24(33)27-7-6-26)28-34-23(21)17-12-18(25)20(32)13-19(17)31/h2-5,12-13,31-32H,6-11,14H2,1H3,(H,27,33)/i1-1. The van der Waals surface area contributed by atoms with Gasteiger partial charge in [0.2, 0.25) is 0 Å². The fourth-order valence-electron chi connectivity index (χ4n) is 3.91. The number of alkyl halides is 1. The molecule has 1 aromatic heterocycles. The maximum absolute atomic E-state index is 12.7. The molecule has 3 aromatic rings. The number of nitrogens with zero attached hydrogens (tertiary/aromatic N) is 3. The molecule has 2 heterocycles. The second-order valence-corrected chi connectivity index (χ2v) is 8.68. The number of hydrogen-bond donors (Lipinski definition) is 3. The Kier molecular flexibility index (Phi) is 7.35. The fourth-order valence-corrected chi connectivity index (χ4v) is 4.08. The number of phenols is 2. The number of halogens is 2. The number of phenolic OH excluding ortho intramolecular Hbond substituents is 2. The monoisotopic (exact) mass is 487 g/mol. The van der Waals surface area contributed by atoms with Crippen LogP contribution in [0, 0.1) is 0 Å². The number of hydrogen-bond acceptors (Lipinski definition) is 7. The third-order valence-corrected chi connectivity index (χ3v) is 6.14. The Labute approximate surface area is 201 Å². The molecule has 1 aliphatic rings. The smallest absolute Gasteiger partial charge is 0.274 e. The van der Waals surface area contributed by atoms with Gasteiger partial charge < -0.3 is 25.0 Å². The first kappa shape index (κ1) is 24.0. The predicted octanol–water partition coefficient (Wildman–Crippen LogP) is 3.52. The van der Waals surface area contributed by atoms with Crippen molar-refractivity contribution in [3.05, 3.63) is 52.7 Å². The lowest BCUT2D eigenvalue weighted by atomic mass is 9.97. The van der Waals surface area contributed by atoms with Crippen molar-refractivity contribution in [3.8, 4) is 33.9 Å². The number of aromatic nitrogens is 1. The van der Waals surface area contributed by atoms with Gasteiger partial charge in [0.05, 0.1) is 16.1 Å². The first-order valence-electron chi connectivity index (χ1n) is 10.9. The first-order chi connectivity index (χ1) is 16.4. The third kappa shape index (κ3) is 5.16. The topological polar surface area (TPSA) is 102 Å². The largest absolute Gasteiger partial charge is 0.507 e. The van der Waals surface area contributed by atoms with Crippen molar-refractivity contribution < 1.29 is 23.9 Å². The van der Waals surface area contributed by atoms with Crippen molar-refractivity contribution >= 4 is 17.5 Å². The summed E-state index contributed by atoms with van der Waals surface area (Å²) in [4.78, 5) is 17.3. The van der Waals surface area contributed by atoms with E-state index in [0.717, 1.165) is 44.4 Å². The predicted molar refractivity (Wildman–Crippen MR) is 127 cm³/mol. The Morgan fingerprint density at radius 1 is 1.15 bits per heavy atom. The molecule has 1 amide bonds. The Bertz CT molecular complexity index is 1160. The lowest BCUT2D eigenvalue weighted by Gasteiger charge is -2.32. The quantitative estimate of drug-likeness (QED) is 0.468. The Morgan fingerprint density at radius 3 is 2.53 bits per heavy atom. The zero-order valence-electron chi connectivity index (χ0n) is 18.7. The lowest BCUT2D eigenvalue weighted by molar-refractivity contribution is 0.0942. The summed E-state index contributed by atoms with van der Waals surface area (Å²) in [6.07, 6.45) is 0. The summed E-state index contributed by atoms with van der Waals surface area (Å²) in [5.41, 5.74) is 2.20. The molecule has 0 spiro atoms. The molecule has 1 fully saturated rings. The summed E-state index contributed by atoms with van der Waals surface area (Å²) >= 11 is 6.04. The highest BCUT2D eigenvalue weighted by atomic mass is 35.5. The van der Waals surface area contributed by atoms with Crippen LogP contribution in [0.1, 0.15) is 16.1 Å². The van der Waals surface area contributed by atoms with E-state index in [0.29, 0.717) is 11.1 Å². The number of aromatic hydroxyl groups is 2. The van der Waals surface area contributed by atoms with Crippen LogP contribution in [0.2, 0.25) is 5.02 Å². The highest BCUT2D eigenvalue weighted by Crippen LogP contribution is 2.42. The molecule has 1 aliphatic heterocycles. The van der Waals surface area contributed by atoms with Gasteiger partial charge in [0, 0.05) is 45.3 Å². The second kappa shape index (κ2) is 10.4. The van der Waals surface area contributed by atoms with Gasteiger partial charge in [-0.2, -0.15) is 0 Å². The number of carbonyl (C=O) groups is 1.